The Morgan fingerprint density at radius 2 is 0.975 bits per heavy atom. The number of aromatic hydroxyl groups is 4. The molecule has 0 amide bonds. The molecule has 0 spiro atoms. The van der Waals surface area contributed by atoms with Gasteiger partial charge < -0.3 is 25.5 Å². The zero-order valence-corrected chi connectivity index (χ0v) is 21.1. The Hall–Kier alpha value is -5.49. The lowest BCUT2D eigenvalue weighted by Crippen LogP contribution is -2.32. The molecule has 40 heavy (non-hydrogen) atoms. The topological polar surface area (TPSA) is 118 Å². The van der Waals surface area contributed by atoms with E-state index in [1.807, 2.05) is 30.3 Å². The molecule has 0 saturated heterocycles. The second-order valence-corrected chi connectivity index (χ2v) is 9.73. The number of carboxylic acids is 1. The van der Waals surface area contributed by atoms with Crippen LogP contribution in [-0.4, -0.2) is 31.5 Å². The van der Waals surface area contributed by atoms with Gasteiger partial charge in [0.25, 0.3) is 0 Å². The van der Waals surface area contributed by atoms with Crippen LogP contribution < -0.4 is 0 Å². The number of carbonyl (C=O) groups is 1. The van der Waals surface area contributed by atoms with Crippen LogP contribution in [0.1, 0.15) is 32.6 Å². The Balaban J connectivity index is 1.92. The summed E-state index contributed by atoms with van der Waals surface area (Å²) in [5.41, 5.74) is 0.608. The number of fused-ring (bicyclic) bond motifs is 2. The van der Waals surface area contributed by atoms with E-state index < -0.39 is 11.4 Å². The maximum Gasteiger partial charge on any atom is 0.335 e. The zero-order valence-electron chi connectivity index (χ0n) is 21.1. The van der Waals surface area contributed by atoms with E-state index in [9.17, 15) is 30.3 Å². The van der Waals surface area contributed by atoms with Gasteiger partial charge in [0, 0.05) is 11.1 Å². The first-order valence-electron chi connectivity index (χ1n) is 12.6. The summed E-state index contributed by atoms with van der Waals surface area (Å²) in [6.07, 6.45) is 0. The van der Waals surface area contributed by atoms with Gasteiger partial charge in [-0.15, -0.1) is 0 Å². The molecule has 0 radical (unpaired) electrons. The third-order valence-electron chi connectivity index (χ3n) is 7.49. The molecular formula is C34H24O6. The number of aromatic carboxylic acids is 1. The van der Waals surface area contributed by atoms with Crippen molar-refractivity contribution in [2.24, 2.45) is 0 Å². The average molecular weight is 529 g/mol. The van der Waals surface area contributed by atoms with E-state index in [0.717, 1.165) is 10.8 Å². The molecule has 6 nitrogen and oxygen atoms in total. The van der Waals surface area contributed by atoms with Crippen LogP contribution in [0.15, 0.2) is 115 Å². The molecule has 0 fully saturated rings. The summed E-state index contributed by atoms with van der Waals surface area (Å²) in [5.74, 6) is -1.31. The summed E-state index contributed by atoms with van der Waals surface area (Å²) >= 11 is 0. The second-order valence-electron chi connectivity index (χ2n) is 9.73. The molecule has 0 aliphatic rings. The van der Waals surface area contributed by atoms with Gasteiger partial charge in [-0.25, -0.2) is 4.79 Å². The molecule has 5 N–H and O–H groups in total. The highest BCUT2D eigenvalue weighted by Crippen LogP contribution is 2.55. The Morgan fingerprint density at radius 3 is 1.45 bits per heavy atom. The predicted molar refractivity (Wildman–Crippen MR) is 153 cm³/mol. The molecule has 6 rings (SSSR count). The van der Waals surface area contributed by atoms with Gasteiger partial charge in [0.1, 0.15) is 23.0 Å². The monoisotopic (exact) mass is 528 g/mol. The first kappa shape index (κ1) is 24.8. The fourth-order valence-corrected chi connectivity index (χ4v) is 5.80. The summed E-state index contributed by atoms with van der Waals surface area (Å²) in [5, 5.41) is 56.6. The van der Waals surface area contributed by atoms with Crippen LogP contribution in [-0.2, 0) is 5.41 Å². The quantitative estimate of drug-likeness (QED) is 0.155. The van der Waals surface area contributed by atoms with Crippen LogP contribution in [0.3, 0.4) is 0 Å². The number of hydrogen-bond acceptors (Lipinski definition) is 5. The molecule has 6 aromatic carbocycles. The molecule has 6 heteroatoms. The van der Waals surface area contributed by atoms with Crippen LogP contribution in [0.2, 0.25) is 0 Å². The molecule has 196 valence electrons. The third kappa shape index (κ3) is 3.77. The predicted octanol–water partition coefficient (Wildman–Crippen LogP) is 6.90. The minimum absolute atomic E-state index is 0.0117. The molecule has 0 saturated carbocycles. The SMILES string of the molecule is O=C(O)c1ccc(C(c2ccccc2)(c2c(O)ccc3ccc(O)cc23)c2c(O)ccc3ccc(O)cc23)cc1. The van der Waals surface area contributed by atoms with Gasteiger partial charge in [-0.3, -0.25) is 0 Å². The fourth-order valence-electron chi connectivity index (χ4n) is 5.80. The van der Waals surface area contributed by atoms with Crippen molar-refractivity contribution in [1.29, 1.82) is 0 Å². The highest BCUT2D eigenvalue weighted by atomic mass is 16.4. The molecule has 0 aromatic heterocycles. The van der Waals surface area contributed by atoms with Gasteiger partial charge in [-0.05, 0) is 81.2 Å². The normalized spacial score (nSPS) is 11.6. The first-order valence-corrected chi connectivity index (χ1v) is 12.6. The Labute approximate surface area is 229 Å². The zero-order chi connectivity index (χ0) is 28.0. The number of benzene rings is 6. The lowest BCUT2D eigenvalue weighted by Gasteiger charge is -2.39. The number of rotatable bonds is 5. The van der Waals surface area contributed by atoms with Crippen molar-refractivity contribution in [2.45, 2.75) is 5.41 Å². The summed E-state index contributed by atoms with van der Waals surface area (Å²) in [7, 11) is 0. The molecule has 0 aliphatic heterocycles. The standard InChI is InChI=1S/C34H24O6/c35-25-14-8-20-10-16-29(37)31(27(20)18-25)34(23-4-2-1-3-5-23,24-12-6-22(7-13-24)33(39)40)32-28-19-26(36)15-9-21(28)11-17-30(32)38/h1-19,35-38H,(H,39,40). The van der Waals surface area contributed by atoms with Gasteiger partial charge in [0.05, 0.1) is 11.0 Å². The lowest BCUT2D eigenvalue weighted by molar-refractivity contribution is 0.0697. The van der Waals surface area contributed by atoms with E-state index >= 15 is 0 Å². The smallest absolute Gasteiger partial charge is 0.335 e. The first-order chi connectivity index (χ1) is 19.3. The van der Waals surface area contributed by atoms with E-state index in [0.29, 0.717) is 33.0 Å². The van der Waals surface area contributed by atoms with E-state index in [1.165, 1.54) is 12.1 Å². The summed E-state index contributed by atoms with van der Waals surface area (Å²) in [6, 6.07) is 31.9. The van der Waals surface area contributed by atoms with E-state index in [1.54, 1.807) is 72.8 Å². The summed E-state index contributed by atoms with van der Waals surface area (Å²) in [4.78, 5) is 11.8. The average Bonchev–Trinajstić information content (AvgIpc) is 2.96. The van der Waals surface area contributed by atoms with Crippen molar-refractivity contribution < 1.29 is 30.3 Å². The van der Waals surface area contributed by atoms with Crippen LogP contribution in [0, 0.1) is 0 Å². The Morgan fingerprint density at radius 1 is 0.525 bits per heavy atom. The molecule has 0 atom stereocenters. The van der Waals surface area contributed by atoms with Crippen LogP contribution in [0.25, 0.3) is 21.5 Å². The van der Waals surface area contributed by atoms with E-state index in [2.05, 4.69) is 0 Å². The van der Waals surface area contributed by atoms with E-state index in [-0.39, 0.29) is 28.6 Å². The fraction of sp³-hybridized carbons (Fsp3) is 0.0294. The molecule has 0 heterocycles. The molecule has 6 aromatic rings. The van der Waals surface area contributed by atoms with Crippen molar-refractivity contribution in [3.05, 3.63) is 143 Å². The van der Waals surface area contributed by atoms with Crippen molar-refractivity contribution in [2.75, 3.05) is 0 Å². The maximum absolute atomic E-state index is 11.8. The number of phenols is 4. The number of hydrogen-bond donors (Lipinski definition) is 5. The van der Waals surface area contributed by atoms with Gasteiger partial charge in [-0.1, -0.05) is 66.7 Å². The van der Waals surface area contributed by atoms with Gasteiger partial charge in [0.15, 0.2) is 0 Å². The second kappa shape index (κ2) is 9.36. The highest BCUT2D eigenvalue weighted by Gasteiger charge is 2.44. The number of carboxylic acid groups (broad SMARTS) is 1. The van der Waals surface area contributed by atoms with Gasteiger partial charge >= 0.3 is 5.97 Å². The molecule has 0 bridgehead atoms. The van der Waals surface area contributed by atoms with Crippen molar-refractivity contribution in [1.82, 2.24) is 0 Å². The largest absolute Gasteiger partial charge is 0.508 e. The van der Waals surface area contributed by atoms with Crippen LogP contribution >= 0.6 is 0 Å². The van der Waals surface area contributed by atoms with Crippen molar-refractivity contribution >= 4 is 27.5 Å². The number of phenolic OH excluding ortho intramolecular Hbond substituents is 4. The van der Waals surface area contributed by atoms with Crippen molar-refractivity contribution in [3.63, 3.8) is 0 Å². The van der Waals surface area contributed by atoms with Crippen LogP contribution in [0.4, 0.5) is 0 Å². The highest BCUT2D eigenvalue weighted by molar-refractivity contribution is 5.97. The molecule has 0 unspecified atom stereocenters. The molecular weight excluding hydrogens is 504 g/mol. The van der Waals surface area contributed by atoms with Crippen LogP contribution in [0.5, 0.6) is 23.0 Å². The van der Waals surface area contributed by atoms with Gasteiger partial charge in [0.2, 0.25) is 0 Å². The lowest BCUT2D eigenvalue weighted by atomic mass is 9.62. The van der Waals surface area contributed by atoms with Gasteiger partial charge in [-0.2, -0.15) is 0 Å². The third-order valence-corrected chi connectivity index (χ3v) is 7.49. The Kier molecular flexibility index (Phi) is 5.81. The van der Waals surface area contributed by atoms with E-state index in [4.69, 9.17) is 0 Å². The molecule has 0 aliphatic carbocycles. The van der Waals surface area contributed by atoms with Crippen molar-refractivity contribution in [3.8, 4) is 23.0 Å². The summed E-state index contributed by atoms with van der Waals surface area (Å²) < 4.78 is 0. The maximum atomic E-state index is 11.8. The minimum atomic E-state index is -1.44. The Bertz CT molecular complexity index is 1810. The minimum Gasteiger partial charge on any atom is -0.508 e. The summed E-state index contributed by atoms with van der Waals surface area (Å²) in [6.45, 7) is 0.